The van der Waals surface area contributed by atoms with E-state index < -0.39 is 0 Å². The lowest BCUT2D eigenvalue weighted by molar-refractivity contribution is 1.30. The zero-order valence-electron chi connectivity index (χ0n) is 7.69. The summed E-state index contributed by atoms with van der Waals surface area (Å²) in [6, 6.07) is 0. The summed E-state index contributed by atoms with van der Waals surface area (Å²) in [5.41, 5.74) is 1.12. The van der Waals surface area contributed by atoms with Gasteiger partial charge in [-0.2, -0.15) is 0 Å². The minimum atomic E-state index is 0.915. The van der Waals surface area contributed by atoms with E-state index in [1.807, 2.05) is 54.7 Å². The fourth-order valence-corrected chi connectivity index (χ4v) is 0.943. The molecule has 1 aliphatic rings. The lowest BCUT2D eigenvalue weighted by Crippen LogP contribution is -1.70. The van der Waals surface area contributed by atoms with Gasteiger partial charge >= 0.3 is 0 Å². The summed E-state index contributed by atoms with van der Waals surface area (Å²) in [7, 11) is 0. The molecule has 13 heavy (non-hydrogen) atoms. The van der Waals surface area contributed by atoms with Gasteiger partial charge in [-0.3, -0.25) is 0 Å². The molecule has 0 heteroatoms. The van der Waals surface area contributed by atoms with Crippen LogP contribution in [0.4, 0.5) is 0 Å². The fourth-order valence-electron chi connectivity index (χ4n) is 0.943. The first-order valence-corrected chi connectivity index (χ1v) is 4.40. The van der Waals surface area contributed by atoms with Crippen LogP contribution in [-0.4, -0.2) is 0 Å². The molecule has 0 bridgehead atoms. The van der Waals surface area contributed by atoms with Crippen molar-refractivity contribution in [1.82, 2.24) is 0 Å². The van der Waals surface area contributed by atoms with Gasteiger partial charge in [0.1, 0.15) is 0 Å². The molecule has 0 aromatic rings. The minimum absolute atomic E-state index is 0.915. The predicted octanol–water partition coefficient (Wildman–Crippen LogP) is 3.73. The van der Waals surface area contributed by atoms with Gasteiger partial charge in [0.05, 0.1) is 0 Å². The SMILES string of the molecule is C=C1/C=C\C=CC=CC=CC=CC1. The van der Waals surface area contributed by atoms with E-state index in [-0.39, 0.29) is 0 Å². The van der Waals surface area contributed by atoms with Crippen LogP contribution < -0.4 is 0 Å². The number of hydrogen-bond donors (Lipinski definition) is 0. The molecule has 0 saturated heterocycles. The van der Waals surface area contributed by atoms with Gasteiger partial charge in [-0.05, 0) is 6.42 Å². The van der Waals surface area contributed by atoms with Crippen molar-refractivity contribution in [2.45, 2.75) is 6.42 Å². The molecule has 0 atom stereocenters. The maximum absolute atomic E-state index is 3.93. The van der Waals surface area contributed by atoms with E-state index in [0.29, 0.717) is 0 Å². The quantitative estimate of drug-likeness (QED) is 0.519. The van der Waals surface area contributed by atoms with E-state index in [2.05, 4.69) is 12.7 Å². The smallest absolute Gasteiger partial charge is 0.0100 e. The van der Waals surface area contributed by atoms with Crippen molar-refractivity contribution in [3.8, 4) is 0 Å². The third-order valence-corrected chi connectivity index (χ3v) is 1.63. The second kappa shape index (κ2) is 6.01. The largest absolute Gasteiger partial charge is 0.0955 e. The van der Waals surface area contributed by atoms with E-state index in [1.165, 1.54) is 0 Å². The Hall–Kier alpha value is -1.56. The Morgan fingerprint density at radius 2 is 1.31 bits per heavy atom. The number of allylic oxidation sites excluding steroid dienone is 11. The van der Waals surface area contributed by atoms with Gasteiger partial charge in [0.2, 0.25) is 0 Å². The molecule has 0 unspecified atom stereocenters. The summed E-state index contributed by atoms with van der Waals surface area (Å²) in [6.07, 6.45) is 21.1. The van der Waals surface area contributed by atoms with Crippen LogP contribution >= 0.6 is 0 Å². The van der Waals surface area contributed by atoms with Crippen molar-refractivity contribution in [2.24, 2.45) is 0 Å². The molecule has 66 valence electrons. The summed E-state index contributed by atoms with van der Waals surface area (Å²) in [4.78, 5) is 0. The van der Waals surface area contributed by atoms with Crippen LogP contribution in [0.25, 0.3) is 0 Å². The Labute approximate surface area is 80.0 Å². The van der Waals surface area contributed by atoms with E-state index in [9.17, 15) is 0 Å². The van der Waals surface area contributed by atoms with Gasteiger partial charge in [-0.1, -0.05) is 72.9 Å². The van der Waals surface area contributed by atoms with Crippen LogP contribution in [0.5, 0.6) is 0 Å². The molecular formula is C13H14. The Morgan fingerprint density at radius 3 is 2.00 bits per heavy atom. The highest BCUT2D eigenvalue weighted by Crippen LogP contribution is 2.01. The van der Waals surface area contributed by atoms with Gasteiger partial charge < -0.3 is 0 Å². The Morgan fingerprint density at radius 1 is 0.769 bits per heavy atom. The molecule has 0 heterocycles. The van der Waals surface area contributed by atoms with Gasteiger partial charge in [-0.25, -0.2) is 0 Å². The van der Waals surface area contributed by atoms with Crippen molar-refractivity contribution in [2.75, 3.05) is 0 Å². The monoisotopic (exact) mass is 170 g/mol. The lowest BCUT2D eigenvalue weighted by atomic mass is 10.2. The molecule has 1 rings (SSSR count). The van der Waals surface area contributed by atoms with Crippen molar-refractivity contribution in [3.63, 3.8) is 0 Å². The molecule has 1 aliphatic carbocycles. The molecule has 0 radical (unpaired) electrons. The topological polar surface area (TPSA) is 0 Å². The van der Waals surface area contributed by atoms with E-state index in [4.69, 9.17) is 0 Å². The number of rotatable bonds is 0. The third-order valence-electron chi connectivity index (χ3n) is 1.63. The van der Waals surface area contributed by atoms with Gasteiger partial charge in [-0.15, -0.1) is 0 Å². The van der Waals surface area contributed by atoms with Gasteiger partial charge in [0.25, 0.3) is 0 Å². The summed E-state index contributed by atoms with van der Waals surface area (Å²) < 4.78 is 0. The number of hydrogen-bond acceptors (Lipinski definition) is 0. The molecule has 0 aliphatic heterocycles. The Bertz CT molecular complexity index is 296. The highest BCUT2D eigenvalue weighted by molar-refractivity contribution is 5.25. The normalized spacial score (nSPS) is 19.5. The second-order valence-corrected chi connectivity index (χ2v) is 2.80. The minimum Gasteiger partial charge on any atom is -0.0955 e. The van der Waals surface area contributed by atoms with Gasteiger partial charge in [0, 0.05) is 0 Å². The van der Waals surface area contributed by atoms with Gasteiger partial charge in [0.15, 0.2) is 0 Å². The third kappa shape index (κ3) is 4.81. The maximum atomic E-state index is 3.93. The first kappa shape index (κ1) is 9.53. The zero-order valence-corrected chi connectivity index (χ0v) is 7.69. The Balaban J connectivity index is 2.70. The van der Waals surface area contributed by atoms with Crippen LogP contribution in [0.3, 0.4) is 0 Å². The summed E-state index contributed by atoms with van der Waals surface area (Å²) in [6.45, 7) is 3.93. The molecular weight excluding hydrogens is 156 g/mol. The molecule has 0 fully saturated rings. The van der Waals surface area contributed by atoms with Crippen molar-refractivity contribution in [1.29, 1.82) is 0 Å². The Kier molecular flexibility index (Phi) is 4.41. The molecule has 0 N–H and O–H groups in total. The lowest BCUT2D eigenvalue weighted by Gasteiger charge is -1.91. The van der Waals surface area contributed by atoms with Crippen LogP contribution in [-0.2, 0) is 0 Å². The average molecular weight is 170 g/mol. The molecule has 0 saturated carbocycles. The molecule has 0 nitrogen and oxygen atoms in total. The molecule has 0 aromatic carbocycles. The van der Waals surface area contributed by atoms with Crippen LogP contribution in [0.2, 0.25) is 0 Å². The standard InChI is InChI=1S/C13H14/c1-13-11-9-7-5-3-2-4-6-8-10-12-13/h2-11H,1,12H2/b3-2?,6-4?,7-5?,10-8?,11-9-. The second-order valence-electron chi connectivity index (χ2n) is 2.80. The van der Waals surface area contributed by atoms with E-state index >= 15 is 0 Å². The van der Waals surface area contributed by atoms with E-state index in [0.717, 1.165) is 12.0 Å². The average Bonchev–Trinajstić information content (AvgIpc) is 2.11. The highest BCUT2D eigenvalue weighted by Gasteiger charge is 1.81. The molecule has 0 amide bonds. The van der Waals surface area contributed by atoms with Crippen molar-refractivity contribution < 1.29 is 0 Å². The summed E-state index contributed by atoms with van der Waals surface area (Å²) in [5.74, 6) is 0. The molecule has 0 aromatic heterocycles. The zero-order chi connectivity index (χ0) is 9.36. The fraction of sp³-hybridized carbons (Fsp3) is 0.0769. The van der Waals surface area contributed by atoms with E-state index in [1.54, 1.807) is 0 Å². The maximum Gasteiger partial charge on any atom is -0.0100 e. The van der Waals surface area contributed by atoms with Crippen molar-refractivity contribution in [3.05, 3.63) is 72.9 Å². The molecule has 0 spiro atoms. The van der Waals surface area contributed by atoms with Crippen molar-refractivity contribution >= 4 is 0 Å². The highest BCUT2D eigenvalue weighted by atomic mass is 13.9. The predicted molar refractivity (Wildman–Crippen MR) is 59.5 cm³/mol. The summed E-state index contributed by atoms with van der Waals surface area (Å²) in [5, 5.41) is 0. The van der Waals surface area contributed by atoms with Crippen LogP contribution in [0, 0.1) is 0 Å². The van der Waals surface area contributed by atoms with Crippen LogP contribution in [0.15, 0.2) is 72.9 Å². The van der Waals surface area contributed by atoms with Crippen LogP contribution in [0.1, 0.15) is 6.42 Å². The summed E-state index contributed by atoms with van der Waals surface area (Å²) >= 11 is 0. The first-order chi connectivity index (χ1) is 6.39. The first-order valence-electron chi connectivity index (χ1n) is 4.40.